The standard InChI is InChI=1S/C24H27N2O4.CH2O2/c1-24(2,3)30-23(28)25-16-20(13-19-11-8-12-21(14-19)29-4)26(22(27)17-25)15-18-9-6-5-7-10-18;2-1-3/h5-14,16H,15,17H2,1-4H3;1H,(H,2,3)/q+1;/p-1/b20-13+;. The Morgan fingerprint density at radius 2 is 1.82 bits per heavy atom. The predicted molar refractivity (Wildman–Crippen MR) is 121 cm³/mol. The van der Waals surface area contributed by atoms with Crippen LogP contribution in [0.4, 0.5) is 4.79 Å². The van der Waals surface area contributed by atoms with Gasteiger partial charge in [0.25, 0.3) is 5.91 Å². The number of hydrogen-bond acceptors (Lipinski definition) is 6. The molecule has 33 heavy (non-hydrogen) atoms. The molecule has 1 aliphatic heterocycles. The molecule has 0 bridgehead atoms. The first-order chi connectivity index (χ1) is 15.7. The first-order valence-corrected chi connectivity index (χ1v) is 10.3. The second-order valence-electron chi connectivity index (χ2n) is 8.14. The van der Waals surface area contributed by atoms with Gasteiger partial charge in [0.05, 0.1) is 13.7 Å². The second-order valence-corrected chi connectivity index (χ2v) is 8.14. The number of allylic oxidation sites excluding steroid dienone is 1. The highest BCUT2D eigenvalue weighted by Crippen LogP contribution is 2.20. The number of hydrogen-bond donors (Lipinski definition) is 0. The fourth-order valence-electron chi connectivity index (χ4n) is 3.05. The topological polar surface area (TPSA) is 99.0 Å². The molecule has 0 atom stereocenters. The van der Waals surface area contributed by atoms with Crippen LogP contribution in [0.15, 0.2) is 60.3 Å². The van der Waals surface area contributed by atoms with Crippen LogP contribution in [0, 0.1) is 0 Å². The Morgan fingerprint density at radius 3 is 2.42 bits per heavy atom. The molecule has 174 valence electrons. The van der Waals surface area contributed by atoms with Crippen LogP contribution in [-0.2, 0) is 20.9 Å². The van der Waals surface area contributed by atoms with Crippen molar-refractivity contribution in [1.29, 1.82) is 0 Å². The maximum atomic E-state index is 13.0. The summed E-state index contributed by atoms with van der Waals surface area (Å²) in [5.74, 6) is 0.534. The number of amides is 2. The minimum atomic E-state index is -0.647. The molecule has 3 rings (SSSR count). The summed E-state index contributed by atoms with van der Waals surface area (Å²) in [4.78, 5) is 35.5. The van der Waals surface area contributed by atoms with Crippen LogP contribution >= 0.6 is 0 Å². The van der Waals surface area contributed by atoms with Gasteiger partial charge < -0.3 is 19.4 Å². The zero-order chi connectivity index (χ0) is 24.4. The summed E-state index contributed by atoms with van der Waals surface area (Å²) < 4.78 is 12.1. The van der Waals surface area contributed by atoms with Crippen molar-refractivity contribution in [2.24, 2.45) is 0 Å². The van der Waals surface area contributed by atoms with Crippen LogP contribution in [0.3, 0.4) is 0 Å². The Balaban J connectivity index is 0.00000122. The third kappa shape index (κ3) is 7.92. The number of carboxylic acid groups (broad SMARTS) is 1. The summed E-state index contributed by atoms with van der Waals surface area (Å²) >= 11 is 0. The van der Waals surface area contributed by atoms with Gasteiger partial charge in [-0.15, -0.1) is 4.58 Å². The van der Waals surface area contributed by atoms with E-state index in [0.717, 1.165) is 11.1 Å². The molecule has 2 amide bonds. The fraction of sp³-hybridized carbons (Fsp3) is 0.280. The van der Waals surface area contributed by atoms with Crippen molar-refractivity contribution in [3.05, 3.63) is 71.4 Å². The number of methoxy groups -OCH3 is 1. The molecule has 2 aromatic rings. The van der Waals surface area contributed by atoms with E-state index in [1.807, 2.05) is 60.7 Å². The van der Waals surface area contributed by atoms with Crippen LogP contribution in [0.5, 0.6) is 5.75 Å². The molecule has 0 saturated heterocycles. The van der Waals surface area contributed by atoms with Crippen LogP contribution in [0.2, 0.25) is 0 Å². The number of nitrogens with zero attached hydrogens (tertiary/aromatic N) is 2. The van der Waals surface area contributed by atoms with Crippen molar-refractivity contribution >= 4 is 30.8 Å². The average Bonchev–Trinajstić information content (AvgIpc) is 2.76. The molecule has 0 spiro atoms. The molecule has 0 aliphatic carbocycles. The smallest absolute Gasteiger partial charge is 0.554 e. The maximum Gasteiger partial charge on any atom is 0.597 e. The molecule has 0 aromatic heterocycles. The number of ether oxygens (including phenoxy) is 2. The molecular weight excluding hydrogens is 424 g/mol. The van der Waals surface area contributed by atoms with Gasteiger partial charge in [-0.2, -0.15) is 4.79 Å². The zero-order valence-electron chi connectivity index (χ0n) is 19.2. The van der Waals surface area contributed by atoms with Crippen LogP contribution < -0.4 is 9.84 Å². The number of carbonyl (C=O) groups is 3. The van der Waals surface area contributed by atoms with E-state index in [1.54, 1.807) is 39.0 Å². The normalized spacial score (nSPS) is 14.7. The van der Waals surface area contributed by atoms with Gasteiger partial charge in [0.2, 0.25) is 6.54 Å². The van der Waals surface area contributed by atoms with Crippen LogP contribution in [0.1, 0.15) is 31.9 Å². The van der Waals surface area contributed by atoms with E-state index in [9.17, 15) is 9.59 Å². The molecule has 8 heteroatoms. The van der Waals surface area contributed by atoms with Crippen molar-refractivity contribution < 1.29 is 33.5 Å². The number of rotatable bonds is 4. The summed E-state index contributed by atoms with van der Waals surface area (Å²) in [5.41, 5.74) is 1.82. The molecule has 1 aliphatic rings. The van der Waals surface area contributed by atoms with Gasteiger partial charge in [-0.3, -0.25) is 9.69 Å². The number of benzene rings is 2. The molecule has 0 fully saturated rings. The monoisotopic (exact) mass is 452 g/mol. The van der Waals surface area contributed by atoms with Crippen LogP contribution in [0.25, 0.3) is 6.08 Å². The van der Waals surface area contributed by atoms with Gasteiger partial charge in [-0.25, -0.2) is 0 Å². The molecular formula is C25H28N2O6. The first kappa shape index (κ1) is 25.3. The van der Waals surface area contributed by atoms with E-state index in [2.05, 4.69) is 0 Å². The Hall–Kier alpha value is -3.94. The summed E-state index contributed by atoms with van der Waals surface area (Å²) in [7, 11) is 1.61. The third-order valence-corrected chi connectivity index (χ3v) is 4.43. The van der Waals surface area contributed by atoms with E-state index in [-0.39, 0.29) is 12.5 Å². The molecule has 0 unspecified atom stereocenters. The van der Waals surface area contributed by atoms with Gasteiger partial charge >= 0.3 is 6.09 Å². The lowest BCUT2D eigenvalue weighted by Crippen LogP contribution is -2.45. The minimum absolute atomic E-state index is 0.0722. The molecule has 1 heterocycles. The lowest BCUT2D eigenvalue weighted by Gasteiger charge is -2.26. The third-order valence-electron chi connectivity index (χ3n) is 4.43. The molecule has 0 N–H and O–H groups in total. The minimum Gasteiger partial charge on any atom is -0.554 e. The van der Waals surface area contributed by atoms with Crippen molar-refractivity contribution in [2.75, 3.05) is 13.7 Å². The predicted octanol–water partition coefficient (Wildman–Crippen LogP) is 2.46. The second kappa shape index (κ2) is 11.6. The van der Waals surface area contributed by atoms with E-state index in [0.29, 0.717) is 18.0 Å². The molecule has 8 nitrogen and oxygen atoms in total. The van der Waals surface area contributed by atoms with Gasteiger partial charge in [0, 0.05) is 6.47 Å². The Labute approximate surface area is 193 Å². The number of carbonyl (C=O) groups excluding carboxylic acids is 3. The SMILES string of the molecule is COc1cccc(/C=C2\C=[N+](C(=O)OC(C)(C)C)CC(=O)N2Cc2ccccc2)c1.O=C[O-]. The quantitative estimate of drug-likeness (QED) is 0.522. The molecule has 0 saturated carbocycles. The lowest BCUT2D eigenvalue weighted by atomic mass is 10.1. The van der Waals surface area contributed by atoms with Gasteiger partial charge in [-0.05, 0) is 50.1 Å². The highest BCUT2D eigenvalue weighted by Gasteiger charge is 2.36. The zero-order valence-corrected chi connectivity index (χ0v) is 19.2. The average molecular weight is 453 g/mol. The largest absolute Gasteiger partial charge is 0.597 e. The lowest BCUT2D eigenvalue weighted by molar-refractivity contribution is -0.439. The Kier molecular flexibility index (Phi) is 8.91. The van der Waals surface area contributed by atoms with Crippen molar-refractivity contribution in [3.8, 4) is 5.75 Å². The Bertz CT molecular complexity index is 1040. The van der Waals surface area contributed by atoms with Gasteiger partial charge in [0.15, 0.2) is 6.21 Å². The van der Waals surface area contributed by atoms with E-state index in [1.165, 1.54) is 4.58 Å². The summed E-state index contributed by atoms with van der Waals surface area (Å²) in [5, 5.41) is 8.25. The van der Waals surface area contributed by atoms with Crippen LogP contribution in [-0.4, -0.2) is 53.4 Å². The highest BCUT2D eigenvalue weighted by molar-refractivity contribution is 5.95. The highest BCUT2D eigenvalue weighted by atomic mass is 16.6. The van der Waals surface area contributed by atoms with Gasteiger partial charge in [0.1, 0.15) is 17.0 Å². The van der Waals surface area contributed by atoms with Crippen molar-refractivity contribution in [2.45, 2.75) is 32.9 Å². The van der Waals surface area contributed by atoms with Gasteiger partial charge in [-0.1, -0.05) is 42.5 Å². The summed E-state index contributed by atoms with van der Waals surface area (Å²) in [6, 6.07) is 17.3. The van der Waals surface area contributed by atoms with E-state index in [4.69, 9.17) is 19.4 Å². The van der Waals surface area contributed by atoms with E-state index >= 15 is 0 Å². The van der Waals surface area contributed by atoms with Crippen molar-refractivity contribution in [1.82, 2.24) is 4.90 Å². The summed E-state index contributed by atoms with van der Waals surface area (Å²) in [6.45, 7) is 5.23. The maximum absolute atomic E-state index is 13.0. The molecule has 0 radical (unpaired) electrons. The molecule has 2 aromatic carbocycles. The Morgan fingerprint density at radius 1 is 1.15 bits per heavy atom. The first-order valence-electron chi connectivity index (χ1n) is 10.3. The summed E-state index contributed by atoms with van der Waals surface area (Å²) in [6.07, 6.45) is 2.98. The fourth-order valence-corrected chi connectivity index (χ4v) is 3.05. The van der Waals surface area contributed by atoms with Crippen molar-refractivity contribution in [3.63, 3.8) is 0 Å². The van der Waals surface area contributed by atoms with E-state index < -0.39 is 18.2 Å².